The molecule has 2 heterocycles. The number of likely N-dealkylation sites (tertiary alicyclic amines) is 1. The predicted octanol–water partition coefficient (Wildman–Crippen LogP) is 5.64. The number of nitrogens with zero attached hydrogens (tertiary/aromatic N) is 2. The van der Waals surface area contributed by atoms with Crippen LogP contribution in [0.3, 0.4) is 0 Å². The van der Waals surface area contributed by atoms with E-state index < -0.39 is 10.0 Å². The Morgan fingerprint density at radius 3 is 2.55 bits per heavy atom. The number of piperidine rings is 1. The lowest BCUT2D eigenvalue weighted by Crippen LogP contribution is -2.34. The highest BCUT2D eigenvalue weighted by molar-refractivity contribution is 7.89. The van der Waals surface area contributed by atoms with Gasteiger partial charge in [0.25, 0.3) is 10.0 Å². The highest BCUT2D eigenvalue weighted by atomic mass is 35.5. The van der Waals surface area contributed by atoms with Gasteiger partial charge in [-0.3, -0.25) is 0 Å². The van der Waals surface area contributed by atoms with Gasteiger partial charge >= 0.3 is 0 Å². The summed E-state index contributed by atoms with van der Waals surface area (Å²) in [6.45, 7) is 3.57. The van der Waals surface area contributed by atoms with E-state index in [1.807, 2.05) is 18.2 Å². The SMILES string of the molecule is CN(C)S(=O)(=O)c1cc2c(OCCCN3CCC(c4ccc(Cl)c(Cl)c4)CC3)cccc2o1. The van der Waals surface area contributed by atoms with Crippen LogP contribution in [0.15, 0.2) is 52.0 Å². The van der Waals surface area contributed by atoms with Crippen molar-refractivity contribution < 1.29 is 17.6 Å². The van der Waals surface area contributed by atoms with Crippen LogP contribution in [0.1, 0.15) is 30.7 Å². The second-order valence-corrected chi connectivity index (χ2v) is 11.4. The van der Waals surface area contributed by atoms with E-state index >= 15 is 0 Å². The first kappa shape index (κ1) is 24.4. The summed E-state index contributed by atoms with van der Waals surface area (Å²) < 4.78 is 37.4. The van der Waals surface area contributed by atoms with Gasteiger partial charge in [0, 0.05) is 26.7 Å². The summed E-state index contributed by atoms with van der Waals surface area (Å²) in [7, 11) is -0.675. The molecule has 1 aliphatic rings. The number of hydrogen-bond acceptors (Lipinski definition) is 5. The minimum atomic E-state index is -3.63. The number of furan rings is 1. The lowest BCUT2D eigenvalue weighted by Gasteiger charge is -2.32. The van der Waals surface area contributed by atoms with E-state index in [1.165, 1.54) is 25.7 Å². The number of rotatable bonds is 8. The molecule has 0 N–H and O–H groups in total. The highest BCUT2D eigenvalue weighted by Gasteiger charge is 2.24. The summed E-state index contributed by atoms with van der Waals surface area (Å²) in [5.74, 6) is 1.15. The molecule has 0 radical (unpaired) electrons. The first-order valence-electron chi connectivity index (χ1n) is 11.0. The van der Waals surface area contributed by atoms with Gasteiger partial charge in [-0.05, 0) is 68.1 Å². The zero-order valence-electron chi connectivity index (χ0n) is 18.8. The van der Waals surface area contributed by atoms with Crippen LogP contribution in [0, 0.1) is 0 Å². The molecule has 0 bridgehead atoms. The largest absolute Gasteiger partial charge is 0.493 e. The molecule has 0 atom stereocenters. The van der Waals surface area contributed by atoms with Gasteiger partial charge in [-0.15, -0.1) is 0 Å². The van der Waals surface area contributed by atoms with E-state index in [4.69, 9.17) is 32.4 Å². The van der Waals surface area contributed by atoms with Gasteiger partial charge in [0.15, 0.2) is 0 Å². The molecule has 3 aromatic rings. The third kappa shape index (κ3) is 5.49. The minimum absolute atomic E-state index is 0.0802. The molecule has 0 unspecified atom stereocenters. The van der Waals surface area contributed by atoms with Crippen molar-refractivity contribution in [2.75, 3.05) is 40.3 Å². The van der Waals surface area contributed by atoms with Crippen molar-refractivity contribution in [3.05, 3.63) is 58.1 Å². The number of hydrogen-bond donors (Lipinski definition) is 0. The molecule has 1 fully saturated rings. The average molecular weight is 511 g/mol. The number of halogens is 2. The summed E-state index contributed by atoms with van der Waals surface area (Å²) in [4.78, 5) is 2.46. The fraction of sp³-hybridized carbons (Fsp3) is 0.417. The van der Waals surface area contributed by atoms with Crippen molar-refractivity contribution in [2.24, 2.45) is 0 Å². The summed E-state index contributed by atoms with van der Waals surface area (Å²) >= 11 is 12.2. The summed E-state index contributed by atoms with van der Waals surface area (Å²) in [5.41, 5.74) is 1.76. The Labute approximate surface area is 205 Å². The van der Waals surface area contributed by atoms with E-state index in [9.17, 15) is 8.42 Å². The Balaban J connectivity index is 1.28. The van der Waals surface area contributed by atoms with Crippen LogP contribution in [0.5, 0.6) is 5.75 Å². The molecule has 0 amide bonds. The third-order valence-corrected chi connectivity index (χ3v) is 8.52. The smallest absolute Gasteiger partial charge is 0.275 e. The van der Waals surface area contributed by atoms with Gasteiger partial charge in [0.05, 0.1) is 22.0 Å². The maximum atomic E-state index is 12.4. The summed E-state index contributed by atoms with van der Waals surface area (Å²) in [6, 6.07) is 12.9. The molecule has 1 aromatic heterocycles. The zero-order valence-corrected chi connectivity index (χ0v) is 21.1. The van der Waals surface area contributed by atoms with Crippen molar-refractivity contribution in [1.82, 2.24) is 9.21 Å². The normalized spacial score (nSPS) is 16.0. The number of benzene rings is 2. The molecule has 4 rings (SSSR count). The lowest BCUT2D eigenvalue weighted by molar-refractivity contribution is 0.193. The Hall–Kier alpha value is -1.77. The van der Waals surface area contributed by atoms with Crippen LogP contribution >= 0.6 is 23.2 Å². The first-order chi connectivity index (χ1) is 15.8. The Morgan fingerprint density at radius 1 is 1.09 bits per heavy atom. The number of ether oxygens (including phenoxy) is 1. The molecule has 0 saturated carbocycles. The maximum absolute atomic E-state index is 12.4. The van der Waals surface area contributed by atoms with E-state index in [0.717, 1.165) is 43.2 Å². The van der Waals surface area contributed by atoms with Gasteiger partial charge in [-0.25, -0.2) is 12.7 Å². The van der Waals surface area contributed by atoms with Gasteiger partial charge in [0.1, 0.15) is 11.3 Å². The molecule has 6 nitrogen and oxygen atoms in total. The molecule has 178 valence electrons. The standard InChI is InChI=1S/C24H28Cl2N2O4S/c1-27(2)33(29,30)24-16-19-22(5-3-6-23(19)32-24)31-14-4-11-28-12-9-17(10-13-28)18-7-8-20(25)21(26)15-18/h3,5-8,15-17H,4,9-14H2,1-2H3. The lowest BCUT2D eigenvalue weighted by atomic mass is 9.89. The van der Waals surface area contributed by atoms with E-state index in [2.05, 4.69) is 11.0 Å². The van der Waals surface area contributed by atoms with Crippen molar-refractivity contribution in [3.63, 3.8) is 0 Å². The Kier molecular flexibility index (Phi) is 7.56. The molecule has 0 spiro atoms. The van der Waals surface area contributed by atoms with Crippen molar-refractivity contribution >= 4 is 44.2 Å². The van der Waals surface area contributed by atoms with Crippen molar-refractivity contribution in [1.29, 1.82) is 0 Å². The van der Waals surface area contributed by atoms with Crippen LogP contribution in [-0.2, 0) is 10.0 Å². The van der Waals surface area contributed by atoms with Crippen molar-refractivity contribution in [3.8, 4) is 5.75 Å². The van der Waals surface area contributed by atoms with Crippen LogP contribution in [0.2, 0.25) is 10.0 Å². The van der Waals surface area contributed by atoms with Crippen molar-refractivity contribution in [2.45, 2.75) is 30.3 Å². The second-order valence-electron chi connectivity index (χ2n) is 8.51. The quantitative estimate of drug-likeness (QED) is 0.367. The third-order valence-electron chi connectivity index (χ3n) is 6.11. The molecule has 1 aliphatic heterocycles. The van der Waals surface area contributed by atoms with Crippen LogP contribution in [0.25, 0.3) is 11.0 Å². The topological polar surface area (TPSA) is 63.0 Å². The first-order valence-corrected chi connectivity index (χ1v) is 13.2. The average Bonchev–Trinajstić information content (AvgIpc) is 3.25. The van der Waals surface area contributed by atoms with Crippen LogP contribution in [-0.4, -0.2) is 58.0 Å². The zero-order chi connectivity index (χ0) is 23.6. The summed E-state index contributed by atoms with van der Waals surface area (Å²) in [5, 5.41) is 1.80. The molecule has 1 saturated heterocycles. The van der Waals surface area contributed by atoms with Crippen LogP contribution in [0.4, 0.5) is 0 Å². The molecule has 0 aliphatic carbocycles. The molecule has 2 aromatic carbocycles. The molecule has 33 heavy (non-hydrogen) atoms. The second kappa shape index (κ2) is 10.2. The monoisotopic (exact) mass is 510 g/mol. The highest BCUT2D eigenvalue weighted by Crippen LogP contribution is 2.33. The number of fused-ring (bicyclic) bond motifs is 1. The van der Waals surface area contributed by atoms with E-state index in [-0.39, 0.29) is 5.09 Å². The molecular weight excluding hydrogens is 483 g/mol. The van der Waals surface area contributed by atoms with Crippen LogP contribution < -0.4 is 4.74 Å². The molecule has 9 heteroatoms. The number of sulfonamides is 1. The van der Waals surface area contributed by atoms with E-state index in [0.29, 0.717) is 39.3 Å². The Morgan fingerprint density at radius 2 is 1.85 bits per heavy atom. The minimum Gasteiger partial charge on any atom is -0.493 e. The summed E-state index contributed by atoms with van der Waals surface area (Å²) in [6.07, 6.45) is 3.07. The van der Waals surface area contributed by atoms with E-state index in [1.54, 1.807) is 12.1 Å². The fourth-order valence-electron chi connectivity index (χ4n) is 4.17. The maximum Gasteiger partial charge on any atom is 0.275 e. The van der Waals surface area contributed by atoms with Gasteiger partial charge in [-0.2, -0.15) is 0 Å². The fourth-order valence-corrected chi connectivity index (χ4v) is 5.30. The Bertz CT molecular complexity index is 1220. The van der Waals surface area contributed by atoms with Gasteiger partial charge in [0.2, 0.25) is 5.09 Å². The van der Waals surface area contributed by atoms with Gasteiger partial charge < -0.3 is 14.1 Å². The molecular formula is C24H28Cl2N2O4S. The predicted molar refractivity (Wildman–Crippen MR) is 132 cm³/mol. The van der Waals surface area contributed by atoms with Gasteiger partial charge in [-0.1, -0.05) is 35.3 Å².